The molecule has 27 heavy (non-hydrogen) atoms. The molecule has 8 nitrogen and oxygen atoms in total. The Balaban J connectivity index is 1.42. The summed E-state index contributed by atoms with van der Waals surface area (Å²) in [5.74, 6) is 0.0761. The normalized spacial score (nSPS) is 15.7. The lowest BCUT2D eigenvalue weighted by molar-refractivity contribution is -0.122. The van der Waals surface area contributed by atoms with Crippen molar-refractivity contribution >= 4 is 44.7 Å². The van der Waals surface area contributed by atoms with Gasteiger partial charge in [-0.1, -0.05) is 0 Å². The predicted octanol–water partition coefficient (Wildman–Crippen LogP) is 2.21. The molecule has 2 N–H and O–H groups in total. The largest absolute Gasteiger partial charge is 0.479 e. The number of anilines is 2. The van der Waals surface area contributed by atoms with E-state index >= 15 is 0 Å². The molecule has 3 aromatic rings. The summed E-state index contributed by atoms with van der Waals surface area (Å²) in [6.45, 7) is 1.89. The van der Waals surface area contributed by atoms with Gasteiger partial charge in [0.25, 0.3) is 11.5 Å². The highest BCUT2D eigenvalue weighted by Gasteiger charge is 2.23. The quantitative estimate of drug-likeness (QED) is 0.718. The van der Waals surface area contributed by atoms with Gasteiger partial charge in [0.2, 0.25) is 5.91 Å². The van der Waals surface area contributed by atoms with E-state index in [9.17, 15) is 14.4 Å². The molecular weight excluding hydrogens is 368 g/mol. The lowest BCUT2D eigenvalue weighted by atomic mass is 10.2. The van der Waals surface area contributed by atoms with E-state index in [1.54, 1.807) is 31.2 Å². The molecule has 3 heterocycles. The van der Waals surface area contributed by atoms with Crippen LogP contribution in [-0.4, -0.2) is 27.5 Å². The molecular formula is C18H16N4O4S. The van der Waals surface area contributed by atoms with Gasteiger partial charge in [-0.05, 0) is 36.6 Å². The Labute approximate surface area is 157 Å². The monoisotopic (exact) mass is 384 g/mol. The van der Waals surface area contributed by atoms with Gasteiger partial charge in [0.1, 0.15) is 10.6 Å². The molecule has 0 fully saturated rings. The van der Waals surface area contributed by atoms with Crippen molar-refractivity contribution in [1.29, 1.82) is 0 Å². The molecule has 1 aromatic carbocycles. The number of carbonyl (C=O) groups excluding carboxylic acids is 2. The first-order chi connectivity index (χ1) is 13.0. The van der Waals surface area contributed by atoms with E-state index in [1.165, 1.54) is 22.2 Å². The number of nitrogens with zero attached hydrogens (tertiary/aromatic N) is 2. The molecule has 2 amide bonds. The van der Waals surface area contributed by atoms with Crippen molar-refractivity contribution in [2.45, 2.75) is 26.0 Å². The highest BCUT2D eigenvalue weighted by molar-refractivity contribution is 7.16. The van der Waals surface area contributed by atoms with Crippen LogP contribution >= 0.6 is 11.3 Å². The number of aromatic nitrogens is 2. The lowest BCUT2D eigenvalue weighted by Crippen LogP contribution is -2.34. The number of fused-ring (bicyclic) bond motifs is 2. The molecule has 4 rings (SSSR count). The Morgan fingerprint density at radius 2 is 2.22 bits per heavy atom. The number of nitrogens with one attached hydrogen (secondary N) is 2. The number of hydrogen-bond donors (Lipinski definition) is 2. The number of benzene rings is 1. The number of rotatable bonds is 4. The lowest BCUT2D eigenvalue weighted by Gasteiger charge is -2.23. The Morgan fingerprint density at radius 1 is 1.37 bits per heavy atom. The molecule has 138 valence electrons. The third kappa shape index (κ3) is 3.41. The van der Waals surface area contributed by atoms with Gasteiger partial charge in [0.15, 0.2) is 6.10 Å². The number of hydrogen-bond acceptors (Lipinski definition) is 6. The van der Waals surface area contributed by atoms with Crippen molar-refractivity contribution in [2.24, 2.45) is 0 Å². The van der Waals surface area contributed by atoms with Crippen molar-refractivity contribution in [3.8, 4) is 5.75 Å². The summed E-state index contributed by atoms with van der Waals surface area (Å²) >= 11 is 1.40. The highest BCUT2D eigenvalue weighted by atomic mass is 32.1. The fraction of sp³-hybridized carbons (Fsp3) is 0.222. The van der Waals surface area contributed by atoms with Crippen LogP contribution in [0.5, 0.6) is 5.75 Å². The van der Waals surface area contributed by atoms with Crippen molar-refractivity contribution < 1.29 is 14.3 Å². The zero-order valence-corrected chi connectivity index (χ0v) is 15.2. The average Bonchev–Trinajstić information content (AvgIpc) is 3.12. The van der Waals surface area contributed by atoms with E-state index < -0.39 is 6.10 Å². The van der Waals surface area contributed by atoms with Crippen LogP contribution in [0.4, 0.5) is 11.4 Å². The van der Waals surface area contributed by atoms with Gasteiger partial charge in [-0.2, -0.15) is 0 Å². The minimum atomic E-state index is -0.551. The highest BCUT2D eigenvalue weighted by Crippen LogP contribution is 2.32. The second kappa shape index (κ2) is 6.84. The van der Waals surface area contributed by atoms with E-state index in [1.807, 2.05) is 5.38 Å². The van der Waals surface area contributed by atoms with E-state index in [0.717, 1.165) is 0 Å². The van der Waals surface area contributed by atoms with Crippen molar-refractivity contribution in [3.05, 3.63) is 46.3 Å². The predicted molar refractivity (Wildman–Crippen MR) is 102 cm³/mol. The van der Waals surface area contributed by atoms with Gasteiger partial charge >= 0.3 is 0 Å². The zero-order valence-electron chi connectivity index (χ0n) is 14.4. The van der Waals surface area contributed by atoms with Gasteiger partial charge in [0.05, 0.1) is 17.4 Å². The van der Waals surface area contributed by atoms with Crippen LogP contribution < -0.4 is 20.9 Å². The summed E-state index contributed by atoms with van der Waals surface area (Å²) < 4.78 is 6.91. The number of carbonyl (C=O) groups is 2. The number of amides is 2. The number of ether oxygens (including phenoxy) is 1. The Morgan fingerprint density at radius 3 is 3.07 bits per heavy atom. The van der Waals surface area contributed by atoms with Gasteiger partial charge in [-0.3, -0.25) is 19.0 Å². The Hall–Kier alpha value is -3.20. The second-order valence-corrected chi connectivity index (χ2v) is 7.04. The summed E-state index contributed by atoms with van der Waals surface area (Å²) in [7, 11) is 0. The molecule has 0 radical (unpaired) electrons. The molecule has 0 saturated carbocycles. The molecule has 1 aliphatic rings. The summed E-state index contributed by atoms with van der Waals surface area (Å²) in [5.41, 5.74) is 0.895. The maximum absolute atomic E-state index is 12.3. The summed E-state index contributed by atoms with van der Waals surface area (Å²) in [6, 6.07) is 6.77. The van der Waals surface area contributed by atoms with Crippen LogP contribution in [0.25, 0.3) is 10.2 Å². The van der Waals surface area contributed by atoms with Crippen LogP contribution in [0.3, 0.4) is 0 Å². The second-order valence-electron chi connectivity index (χ2n) is 6.14. The SMILES string of the molecule is CC1Oc2ccc(NC(=O)CCn3cnc4sccc4c3=O)cc2NC1=O. The van der Waals surface area contributed by atoms with E-state index in [4.69, 9.17) is 4.74 Å². The molecule has 1 atom stereocenters. The molecule has 1 aliphatic heterocycles. The maximum Gasteiger partial charge on any atom is 0.265 e. The zero-order chi connectivity index (χ0) is 19.0. The molecule has 1 unspecified atom stereocenters. The first-order valence-electron chi connectivity index (χ1n) is 8.35. The minimum Gasteiger partial charge on any atom is -0.479 e. The smallest absolute Gasteiger partial charge is 0.265 e. The average molecular weight is 384 g/mol. The fourth-order valence-electron chi connectivity index (χ4n) is 2.78. The maximum atomic E-state index is 12.3. The summed E-state index contributed by atoms with van der Waals surface area (Å²) in [5, 5.41) is 7.87. The fourth-order valence-corrected chi connectivity index (χ4v) is 3.51. The number of thiophene rings is 1. The minimum absolute atomic E-state index is 0.119. The molecule has 2 aromatic heterocycles. The molecule has 0 bridgehead atoms. The van der Waals surface area contributed by atoms with E-state index in [0.29, 0.717) is 27.3 Å². The van der Waals surface area contributed by atoms with Gasteiger partial charge in [-0.15, -0.1) is 11.3 Å². The van der Waals surface area contributed by atoms with E-state index in [2.05, 4.69) is 15.6 Å². The van der Waals surface area contributed by atoms with Gasteiger partial charge in [0, 0.05) is 18.7 Å². The van der Waals surface area contributed by atoms with Crippen LogP contribution in [0.15, 0.2) is 40.8 Å². The number of aryl methyl sites for hydroxylation is 1. The molecule has 0 spiro atoms. The first kappa shape index (κ1) is 17.2. The van der Waals surface area contributed by atoms with Crippen LogP contribution in [0.1, 0.15) is 13.3 Å². The topological polar surface area (TPSA) is 102 Å². The van der Waals surface area contributed by atoms with Gasteiger partial charge < -0.3 is 15.4 Å². The molecule has 0 saturated heterocycles. The van der Waals surface area contributed by atoms with Gasteiger partial charge in [-0.25, -0.2) is 4.98 Å². The first-order valence-corrected chi connectivity index (χ1v) is 9.23. The third-order valence-electron chi connectivity index (χ3n) is 4.22. The van der Waals surface area contributed by atoms with Crippen LogP contribution in [0, 0.1) is 0 Å². The summed E-state index contributed by atoms with van der Waals surface area (Å²) in [6.07, 6.45) is 1.03. The van der Waals surface area contributed by atoms with E-state index in [-0.39, 0.29) is 30.3 Å². The third-order valence-corrected chi connectivity index (χ3v) is 5.05. The van der Waals surface area contributed by atoms with Crippen LogP contribution in [0.2, 0.25) is 0 Å². The molecule has 0 aliphatic carbocycles. The molecule has 9 heteroatoms. The Bertz CT molecular complexity index is 1100. The Kier molecular flexibility index (Phi) is 4.36. The van der Waals surface area contributed by atoms with Crippen molar-refractivity contribution in [2.75, 3.05) is 10.6 Å². The van der Waals surface area contributed by atoms with Crippen LogP contribution in [-0.2, 0) is 16.1 Å². The standard InChI is InChI=1S/C18H16N4O4S/c1-10-16(24)21-13-8-11(2-3-14(13)26-10)20-15(23)4-6-22-9-19-17-12(18(22)25)5-7-27-17/h2-3,5,7-10H,4,6H2,1H3,(H,20,23)(H,21,24). The summed E-state index contributed by atoms with van der Waals surface area (Å²) in [4.78, 5) is 41.2. The van der Waals surface area contributed by atoms with Crippen molar-refractivity contribution in [1.82, 2.24) is 9.55 Å². The van der Waals surface area contributed by atoms with Crippen molar-refractivity contribution in [3.63, 3.8) is 0 Å².